The van der Waals surface area contributed by atoms with Crippen LogP contribution in [0, 0.1) is 11.8 Å². The van der Waals surface area contributed by atoms with Crippen LogP contribution in [0.15, 0.2) is 109 Å². The molecule has 4 aromatic carbocycles. The molecule has 3 aliphatic carbocycles. The van der Waals surface area contributed by atoms with Crippen molar-refractivity contribution in [2.45, 2.75) is 102 Å². The number of ether oxygens (including phenoxy) is 2. The fourth-order valence-electron chi connectivity index (χ4n) is 10.1. The van der Waals surface area contributed by atoms with Crippen LogP contribution in [0.4, 0.5) is 11.4 Å². The van der Waals surface area contributed by atoms with Crippen molar-refractivity contribution in [1.82, 2.24) is 4.98 Å². The van der Waals surface area contributed by atoms with E-state index in [9.17, 15) is 14.7 Å². The highest BCUT2D eigenvalue weighted by Gasteiger charge is 2.54. The van der Waals surface area contributed by atoms with Crippen LogP contribution in [0.5, 0.6) is 11.5 Å². The van der Waals surface area contributed by atoms with Crippen LogP contribution in [-0.2, 0) is 40.9 Å². The van der Waals surface area contributed by atoms with E-state index in [-0.39, 0.29) is 17.2 Å². The monoisotopic (exact) mass is 811 g/mol. The number of aromatic nitrogens is 1. The molecule has 306 valence electrons. The number of aliphatic carboxylic acids is 1. The van der Waals surface area contributed by atoms with E-state index in [0.29, 0.717) is 55.0 Å². The van der Waals surface area contributed by atoms with Gasteiger partial charge in [0.05, 0.1) is 13.0 Å². The Morgan fingerprint density at radius 3 is 2.47 bits per heavy atom. The quantitative estimate of drug-likeness (QED) is 0.102. The first-order valence-corrected chi connectivity index (χ1v) is 21.5. The summed E-state index contributed by atoms with van der Waals surface area (Å²) in [6, 6.07) is 33.3. The predicted molar refractivity (Wildman–Crippen MR) is 234 cm³/mol. The number of hydrogen-bond donors (Lipinski definition) is 3. The number of nitrogens with zero attached hydrogens (tertiary/aromatic N) is 1. The van der Waals surface area contributed by atoms with E-state index in [1.807, 2.05) is 79.0 Å². The van der Waals surface area contributed by atoms with Gasteiger partial charge in [-0.2, -0.15) is 0 Å². The molecular weight excluding hydrogens is 758 g/mol. The molecule has 8 rings (SSSR count). The van der Waals surface area contributed by atoms with Crippen molar-refractivity contribution >= 4 is 34.9 Å². The Balaban J connectivity index is 1.00. The van der Waals surface area contributed by atoms with Gasteiger partial charge in [0.2, 0.25) is 5.91 Å². The van der Waals surface area contributed by atoms with Crippen LogP contribution < -0.4 is 20.1 Å². The summed E-state index contributed by atoms with van der Waals surface area (Å²) in [5, 5.41) is 17.7. The fraction of sp³-hybridized carbons (Fsp3) is 0.380. The molecule has 1 spiro atoms. The third kappa shape index (κ3) is 8.98. The molecule has 0 aliphatic heterocycles. The van der Waals surface area contributed by atoms with E-state index < -0.39 is 11.5 Å². The van der Waals surface area contributed by atoms with Crippen LogP contribution in [0.1, 0.15) is 98.2 Å². The summed E-state index contributed by atoms with van der Waals surface area (Å²) in [6.07, 6.45) is 9.80. The molecule has 1 aromatic heterocycles. The SMILES string of the molecule is C[C@@H](COc1ccnc2c1[C@H](C)CCC2)CC1Cc2ccc(OCc3cccc(NC(=O)Cc4ccccc4)c3)cc2C12CCC(Nc1cccc(Cl)c1)(C(=O)O)CC2. The Hall–Kier alpha value is -5.34. The number of pyridine rings is 1. The van der Waals surface area contributed by atoms with Gasteiger partial charge in [0.1, 0.15) is 23.6 Å². The van der Waals surface area contributed by atoms with Crippen molar-refractivity contribution in [2.24, 2.45) is 11.8 Å². The van der Waals surface area contributed by atoms with Gasteiger partial charge in [0, 0.05) is 33.9 Å². The van der Waals surface area contributed by atoms with Gasteiger partial charge in [-0.1, -0.05) is 80.0 Å². The zero-order valence-electron chi connectivity index (χ0n) is 34.0. The number of anilines is 2. The first-order valence-electron chi connectivity index (χ1n) is 21.2. The zero-order valence-corrected chi connectivity index (χ0v) is 34.8. The summed E-state index contributed by atoms with van der Waals surface area (Å²) >= 11 is 6.32. The summed E-state index contributed by atoms with van der Waals surface area (Å²) < 4.78 is 13.1. The number of fused-ring (bicyclic) bond motifs is 3. The number of hydrogen-bond acceptors (Lipinski definition) is 6. The zero-order chi connectivity index (χ0) is 41.0. The molecule has 3 atom stereocenters. The number of carboxylic acids is 1. The van der Waals surface area contributed by atoms with Crippen molar-refractivity contribution in [2.75, 3.05) is 17.2 Å². The number of amides is 1. The van der Waals surface area contributed by atoms with Gasteiger partial charge in [-0.25, -0.2) is 4.79 Å². The summed E-state index contributed by atoms with van der Waals surface area (Å²) in [6.45, 7) is 5.52. The van der Waals surface area contributed by atoms with Crippen molar-refractivity contribution in [3.05, 3.63) is 148 Å². The maximum atomic E-state index is 13.1. The third-order valence-electron chi connectivity index (χ3n) is 13.1. The van der Waals surface area contributed by atoms with Crippen molar-refractivity contribution in [1.29, 1.82) is 0 Å². The molecule has 1 fully saturated rings. The number of rotatable bonds is 14. The predicted octanol–water partition coefficient (Wildman–Crippen LogP) is 11.0. The molecule has 0 bridgehead atoms. The minimum atomic E-state index is -1.11. The number of carboxylic acid groups (broad SMARTS) is 1. The number of halogens is 1. The Kier molecular flexibility index (Phi) is 12.0. The van der Waals surface area contributed by atoms with Gasteiger partial charge in [-0.3, -0.25) is 9.78 Å². The number of carbonyl (C=O) groups excluding carboxylic acids is 1. The number of nitrogens with one attached hydrogen (secondary N) is 2. The summed E-state index contributed by atoms with van der Waals surface area (Å²) in [7, 11) is 0. The molecule has 59 heavy (non-hydrogen) atoms. The molecule has 3 N–H and O–H groups in total. The largest absolute Gasteiger partial charge is 0.493 e. The van der Waals surface area contributed by atoms with E-state index in [2.05, 4.69) is 47.7 Å². The Morgan fingerprint density at radius 1 is 0.898 bits per heavy atom. The maximum absolute atomic E-state index is 13.1. The normalized spacial score (nSPS) is 22.5. The molecule has 0 saturated heterocycles. The minimum Gasteiger partial charge on any atom is -0.493 e. The average Bonchev–Trinajstić information content (AvgIpc) is 3.51. The van der Waals surface area contributed by atoms with Gasteiger partial charge < -0.3 is 25.2 Å². The van der Waals surface area contributed by atoms with E-state index in [0.717, 1.165) is 73.3 Å². The van der Waals surface area contributed by atoms with Crippen LogP contribution in [0.3, 0.4) is 0 Å². The van der Waals surface area contributed by atoms with Crippen molar-refractivity contribution in [3.63, 3.8) is 0 Å². The lowest BCUT2D eigenvalue weighted by Gasteiger charge is -2.47. The lowest BCUT2D eigenvalue weighted by Crippen LogP contribution is -2.53. The lowest BCUT2D eigenvalue weighted by molar-refractivity contribution is -0.144. The van der Waals surface area contributed by atoms with Gasteiger partial charge in [0.15, 0.2) is 0 Å². The summed E-state index contributed by atoms with van der Waals surface area (Å²) in [5.41, 5.74) is 7.06. The van der Waals surface area contributed by atoms with E-state index in [1.165, 1.54) is 22.4 Å². The molecule has 1 amide bonds. The van der Waals surface area contributed by atoms with Gasteiger partial charge in [0.25, 0.3) is 0 Å². The molecule has 5 aromatic rings. The molecule has 0 radical (unpaired) electrons. The van der Waals surface area contributed by atoms with E-state index in [1.54, 1.807) is 12.1 Å². The molecule has 1 heterocycles. The van der Waals surface area contributed by atoms with E-state index >= 15 is 0 Å². The van der Waals surface area contributed by atoms with Crippen molar-refractivity contribution < 1.29 is 24.2 Å². The molecular formula is C50H54ClN3O5. The smallest absolute Gasteiger partial charge is 0.329 e. The maximum Gasteiger partial charge on any atom is 0.329 e. The molecule has 1 saturated carbocycles. The van der Waals surface area contributed by atoms with Crippen LogP contribution in [0.25, 0.3) is 0 Å². The number of aryl methyl sites for hydroxylation is 1. The van der Waals surface area contributed by atoms with Crippen molar-refractivity contribution in [3.8, 4) is 11.5 Å². The first-order chi connectivity index (χ1) is 28.6. The van der Waals surface area contributed by atoms with Crippen LogP contribution in [-0.4, -0.2) is 34.1 Å². The van der Waals surface area contributed by atoms with Gasteiger partial charge in [-0.15, -0.1) is 0 Å². The second kappa shape index (κ2) is 17.5. The van der Waals surface area contributed by atoms with Gasteiger partial charge >= 0.3 is 5.97 Å². The van der Waals surface area contributed by atoms with E-state index in [4.69, 9.17) is 21.1 Å². The van der Waals surface area contributed by atoms with Crippen LogP contribution >= 0.6 is 11.6 Å². The lowest BCUT2D eigenvalue weighted by atomic mass is 9.59. The molecule has 3 aliphatic rings. The highest BCUT2D eigenvalue weighted by Crippen LogP contribution is 2.57. The summed E-state index contributed by atoms with van der Waals surface area (Å²) in [4.78, 5) is 30.6. The molecule has 9 heteroatoms. The highest BCUT2D eigenvalue weighted by molar-refractivity contribution is 6.30. The molecule has 1 unspecified atom stereocenters. The highest BCUT2D eigenvalue weighted by atomic mass is 35.5. The Morgan fingerprint density at radius 2 is 1.68 bits per heavy atom. The second-order valence-electron chi connectivity index (χ2n) is 17.2. The first kappa shape index (κ1) is 40.4. The topological polar surface area (TPSA) is 110 Å². The number of carbonyl (C=O) groups is 2. The fourth-order valence-corrected chi connectivity index (χ4v) is 10.2. The second-order valence-corrected chi connectivity index (χ2v) is 17.6. The Bertz CT molecular complexity index is 2290. The third-order valence-corrected chi connectivity index (χ3v) is 13.3. The van der Waals surface area contributed by atoms with Gasteiger partial charge in [-0.05, 0) is 152 Å². The summed E-state index contributed by atoms with van der Waals surface area (Å²) in [5.74, 6) is 1.87. The molecule has 8 nitrogen and oxygen atoms in total. The Labute approximate surface area is 352 Å². The minimum absolute atomic E-state index is 0.0679. The number of benzene rings is 4. The van der Waals surface area contributed by atoms with Crippen LogP contribution in [0.2, 0.25) is 5.02 Å². The average molecular weight is 812 g/mol. The standard InChI is InChI=1S/C50H54ClN3O5/c1-33(31-59-45-19-24-52-44-16-6-9-34(2)47(44)45)25-38-28-37-17-18-42(58-32-36-12-7-14-40(26-36)53-46(55)27-35-10-4-3-5-11-35)30-43(37)49(38)20-22-50(23-21-49,48(56)57)54-41-15-8-13-39(51)29-41/h3-5,7-8,10-15,17-19,24,26,29-30,33-34,38,54H,6,9,16,20-23,25,27-28,31-32H2,1-2H3,(H,53,55)(H,56,57)/t33-,34-,38?,49?,50?/m1/s1.